The number of hydrogen-bond acceptors (Lipinski definition) is 3. The summed E-state index contributed by atoms with van der Waals surface area (Å²) in [6.07, 6.45) is 3.30. The Morgan fingerprint density at radius 2 is 2.29 bits per heavy atom. The van der Waals surface area contributed by atoms with Gasteiger partial charge in [0.2, 0.25) is 0 Å². The Labute approximate surface area is 80.4 Å². The summed E-state index contributed by atoms with van der Waals surface area (Å²) in [4.78, 5) is 15.2. The summed E-state index contributed by atoms with van der Waals surface area (Å²) in [7, 11) is 1.75. The number of rotatable bonds is 1. The second-order valence-electron chi connectivity index (χ2n) is 3.12. The van der Waals surface area contributed by atoms with Crippen LogP contribution in [0.1, 0.15) is 5.56 Å². The molecule has 0 bridgehead atoms. The minimum absolute atomic E-state index is 0.0716. The van der Waals surface area contributed by atoms with E-state index in [1.165, 1.54) is 4.80 Å². The summed E-state index contributed by atoms with van der Waals surface area (Å²) in [5.41, 5.74) is 2.23. The van der Waals surface area contributed by atoms with Gasteiger partial charge in [0.15, 0.2) is 0 Å². The number of pyridine rings is 1. The molecule has 2 heterocycles. The number of aromatic nitrogens is 4. The number of nitrogens with one attached hydrogen (secondary N) is 1. The van der Waals surface area contributed by atoms with E-state index in [2.05, 4.69) is 15.2 Å². The first-order chi connectivity index (χ1) is 6.66. The lowest BCUT2D eigenvalue weighted by molar-refractivity contribution is 0.655. The molecular weight excluding hydrogens is 180 g/mol. The Morgan fingerprint density at radius 3 is 2.86 bits per heavy atom. The van der Waals surface area contributed by atoms with Crippen molar-refractivity contribution in [3.05, 3.63) is 34.4 Å². The van der Waals surface area contributed by atoms with Crippen LogP contribution in [0.15, 0.2) is 23.3 Å². The minimum Gasteiger partial charge on any atom is -0.328 e. The van der Waals surface area contributed by atoms with Crippen molar-refractivity contribution in [2.24, 2.45) is 7.05 Å². The van der Waals surface area contributed by atoms with Crippen LogP contribution in [0.5, 0.6) is 0 Å². The van der Waals surface area contributed by atoms with Crippen molar-refractivity contribution in [1.82, 2.24) is 20.0 Å². The van der Waals surface area contributed by atoms with Gasteiger partial charge in [-0.15, -0.1) is 0 Å². The van der Waals surface area contributed by atoms with E-state index in [0.717, 1.165) is 11.3 Å². The SMILES string of the molecule is Cc1cc(-c2cnn(C)n2)c[nH]c1=O. The monoisotopic (exact) mass is 190 g/mol. The van der Waals surface area contributed by atoms with E-state index in [0.29, 0.717) is 5.56 Å². The Kier molecular flexibility index (Phi) is 1.92. The average Bonchev–Trinajstić information content (AvgIpc) is 2.57. The third kappa shape index (κ3) is 1.44. The van der Waals surface area contributed by atoms with Gasteiger partial charge in [-0.1, -0.05) is 0 Å². The summed E-state index contributed by atoms with van der Waals surface area (Å²) < 4.78 is 0. The molecule has 1 N–H and O–H groups in total. The van der Waals surface area contributed by atoms with E-state index in [-0.39, 0.29) is 5.56 Å². The molecule has 72 valence electrons. The second-order valence-corrected chi connectivity index (χ2v) is 3.12. The van der Waals surface area contributed by atoms with Gasteiger partial charge in [0.25, 0.3) is 5.56 Å². The zero-order chi connectivity index (χ0) is 10.1. The highest BCUT2D eigenvalue weighted by Crippen LogP contribution is 2.13. The fourth-order valence-electron chi connectivity index (χ4n) is 1.22. The quantitative estimate of drug-likeness (QED) is 0.711. The van der Waals surface area contributed by atoms with Gasteiger partial charge in [0.05, 0.1) is 6.20 Å². The van der Waals surface area contributed by atoms with Gasteiger partial charge in [0.1, 0.15) is 5.69 Å². The van der Waals surface area contributed by atoms with Gasteiger partial charge in [-0.05, 0) is 13.0 Å². The zero-order valence-corrected chi connectivity index (χ0v) is 7.98. The Hall–Kier alpha value is -1.91. The van der Waals surface area contributed by atoms with E-state index in [1.807, 2.05) is 0 Å². The van der Waals surface area contributed by atoms with Crippen LogP contribution in [0.25, 0.3) is 11.3 Å². The van der Waals surface area contributed by atoms with Crippen molar-refractivity contribution < 1.29 is 0 Å². The molecule has 14 heavy (non-hydrogen) atoms. The lowest BCUT2D eigenvalue weighted by Gasteiger charge is -1.96. The summed E-state index contributed by atoms with van der Waals surface area (Å²) in [5, 5.41) is 8.09. The van der Waals surface area contributed by atoms with Crippen LogP contribution in [-0.2, 0) is 7.05 Å². The summed E-state index contributed by atoms with van der Waals surface area (Å²) >= 11 is 0. The molecule has 0 saturated carbocycles. The maximum absolute atomic E-state index is 11.1. The van der Waals surface area contributed by atoms with Gasteiger partial charge >= 0.3 is 0 Å². The van der Waals surface area contributed by atoms with Crippen molar-refractivity contribution in [3.63, 3.8) is 0 Å². The van der Waals surface area contributed by atoms with E-state index >= 15 is 0 Å². The molecule has 5 nitrogen and oxygen atoms in total. The van der Waals surface area contributed by atoms with Crippen LogP contribution < -0.4 is 5.56 Å². The van der Waals surface area contributed by atoms with Crippen LogP contribution >= 0.6 is 0 Å². The average molecular weight is 190 g/mol. The highest BCUT2D eigenvalue weighted by molar-refractivity contribution is 5.56. The number of aromatic amines is 1. The molecule has 2 rings (SSSR count). The van der Waals surface area contributed by atoms with Gasteiger partial charge < -0.3 is 4.98 Å². The summed E-state index contributed by atoms with van der Waals surface area (Å²) in [6.45, 7) is 1.76. The lowest BCUT2D eigenvalue weighted by Crippen LogP contribution is -2.07. The molecule has 0 unspecified atom stereocenters. The number of hydrogen-bond donors (Lipinski definition) is 1. The van der Waals surface area contributed by atoms with E-state index < -0.39 is 0 Å². The molecular formula is C9H10N4O. The van der Waals surface area contributed by atoms with Gasteiger partial charge in [-0.2, -0.15) is 15.0 Å². The fourth-order valence-corrected chi connectivity index (χ4v) is 1.22. The first kappa shape index (κ1) is 8.68. The molecule has 0 aliphatic heterocycles. The normalized spacial score (nSPS) is 10.4. The highest BCUT2D eigenvalue weighted by atomic mass is 16.1. The van der Waals surface area contributed by atoms with Gasteiger partial charge in [-0.25, -0.2) is 0 Å². The molecule has 5 heteroatoms. The number of aryl methyl sites for hydroxylation is 2. The smallest absolute Gasteiger partial charge is 0.250 e. The van der Waals surface area contributed by atoms with Gasteiger partial charge in [0, 0.05) is 24.4 Å². The Bertz CT molecular complexity index is 512. The van der Waals surface area contributed by atoms with Crippen molar-refractivity contribution in [1.29, 1.82) is 0 Å². The van der Waals surface area contributed by atoms with E-state index in [1.54, 1.807) is 32.4 Å². The van der Waals surface area contributed by atoms with Crippen molar-refractivity contribution in [2.45, 2.75) is 6.92 Å². The van der Waals surface area contributed by atoms with Gasteiger partial charge in [-0.3, -0.25) is 4.79 Å². The van der Waals surface area contributed by atoms with Crippen LogP contribution in [0.2, 0.25) is 0 Å². The maximum atomic E-state index is 11.1. The first-order valence-corrected chi connectivity index (χ1v) is 4.23. The van der Waals surface area contributed by atoms with Crippen LogP contribution in [0, 0.1) is 6.92 Å². The maximum Gasteiger partial charge on any atom is 0.250 e. The summed E-state index contributed by atoms with van der Waals surface area (Å²) in [6, 6.07) is 1.79. The molecule has 2 aromatic rings. The van der Waals surface area contributed by atoms with Crippen LogP contribution in [-0.4, -0.2) is 20.0 Å². The second kappa shape index (κ2) is 3.10. The van der Waals surface area contributed by atoms with E-state index in [9.17, 15) is 4.79 Å². The molecule has 0 amide bonds. The molecule has 0 fully saturated rings. The predicted octanol–water partition coefficient (Wildman–Crippen LogP) is 0.479. The standard InChI is InChI=1S/C9H10N4O/c1-6-3-7(4-10-9(6)14)8-5-11-13(2)12-8/h3-5H,1-2H3,(H,10,14). The Balaban J connectivity index is 2.52. The summed E-state index contributed by atoms with van der Waals surface area (Å²) in [5.74, 6) is 0. The topological polar surface area (TPSA) is 63.6 Å². The molecule has 0 saturated heterocycles. The molecule has 0 atom stereocenters. The molecule has 2 aromatic heterocycles. The zero-order valence-electron chi connectivity index (χ0n) is 7.98. The molecule has 0 spiro atoms. The van der Waals surface area contributed by atoms with Crippen LogP contribution in [0.3, 0.4) is 0 Å². The fraction of sp³-hybridized carbons (Fsp3) is 0.222. The molecule has 0 aliphatic rings. The first-order valence-electron chi connectivity index (χ1n) is 4.23. The van der Waals surface area contributed by atoms with Crippen LogP contribution in [0.4, 0.5) is 0 Å². The van der Waals surface area contributed by atoms with Crippen molar-refractivity contribution >= 4 is 0 Å². The highest BCUT2D eigenvalue weighted by Gasteiger charge is 2.03. The molecule has 0 radical (unpaired) electrons. The number of H-pyrrole nitrogens is 1. The minimum atomic E-state index is -0.0716. The largest absolute Gasteiger partial charge is 0.328 e. The van der Waals surface area contributed by atoms with E-state index in [4.69, 9.17) is 0 Å². The van der Waals surface area contributed by atoms with Crippen molar-refractivity contribution in [3.8, 4) is 11.3 Å². The lowest BCUT2D eigenvalue weighted by atomic mass is 10.2. The predicted molar refractivity (Wildman–Crippen MR) is 51.8 cm³/mol. The third-order valence-electron chi connectivity index (χ3n) is 1.98. The molecule has 0 aromatic carbocycles. The number of nitrogens with zero attached hydrogens (tertiary/aromatic N) is 3. The Morgan fingerprint density at radius 1 is 1.50 bits per heavy atom. The van der Waals surface area contributed by atoms with Crippen molar-refractivity contribution in [2.75, 3.05) is 0 Å². The molecule has 0 aliphatic carbocycles. The third-order valence-corrected chi connectivity index (χ3v) is 1.98.